The minimum Gasteiger partial charge on any atom is -0.380 e. The summed E-state index contributed by atoms with van der Waals surface area (Å²) < 4.78 is 65.4. The molecule has 0 spiro atoms. The van der Waals surface area contributed by atoms with Gasteiger partial charge in [0.15, 0.2) is 0 Å². The van der Waals surface area contributed by atoms with E-state index in [9.17, 15) is 29.5 Å². The number of rotatable bonds is 6. The fourth-order valence-electron chi connectivity index (χ4n) is 2.75. The summed E-state index contributed by atoms with van der Waals surface area (Å²) in [5.74, 6) is -0.850. The summed E-state index contributed by atoms with van der Waals surface area (Å²) in [5.41, 5.74) is 3.94. The van der Waals surface area contributed by atoms with E-state index in [0.29, 0.717) is 27.9 Å². The maximum absolute atomic E-state index is 13.0. The number of halogens is 5. The predicted molar refractivity (Wildman–Crippen MR) is 120 cm³/mol. The molecule has 3 N–H and O–H groups in total. The molecular formula is C20H19F5N4O2S2. The van der Waals surface area contributed by atoms with Crippen LogP contribution >= 0.6 is 21.6 Å². The second kappa shape index (κ2) is 8.62. The molecule has 0 radical (unpaired) electrons. The number of carbonyl (C=O) groups excluding carboxylic acids is 1. The molecule has 13 heteroatoms. The monoisotopic (exact) mass is 506 g/mol. The molecule has 0 bridgehead atoms. The van der Waals surface area contributed by atoms with Crippen LogP contribution in [0.2, 0.25) is 0 Å². The van der Waals surface area contributed by atoms with Crippen molar-refractivity contribution in [1.29, 1.82) is 5.26 Å². The van der Waals surface area contributed by atoms with Gasteiger partial charge in [-0.05, 0) is 23.8 Å². The predicted octanol–water partition coefficient (Wildman–Crippen LogP) is 6.99. The maximum Gasteiger partial charge on any atom is 0.310 e. The van der Waals surface area contributed by atoms with E-state index in [1.807, 2.05) is 19.9 Å². The first-order chi connectivity index (χ1) is 15.2. The fourth-order valence-corrected chi connectivity index (χ4v) is 4.21. The summed E-state index contributed by atoms with van der Waals surface area (Å²) in [6, 6.07) is 5.81. The van der Waals surface area contributed by atoms with Crippen LogP contribution in [0.4, 0.5) is 25.1 Å². The molecule has 0 aliphatic heterocycles. The largest absolute Gasteiger partial charge is 0.380 e. The molecule has 178 valence electrons. The smallest absolute Gasteiger partial charge is 0.310 e. The molecule has 0 atom stereocenters. The standard InChI is InChI=1S/C18H13F5N4O2S2.C2H6/c1-10(18(28)27-29)8-25-15-6-13(16-17(14(15)7-24)30-9-26-16)11-2-4-12(5-3-11)31(19,20,21,22)23;1-2/h2-6,9,25,29H,1,8H2,(H,27,28);1-2H3. The first-order valence-corrected chi connectivity index (χ1v) is 12.1. The Hall–Kier alpha value is -3.21. The third-order valence-corrected chi connectivity index (χ3v) is 6.25. The Balaban J connectivity index is 0.00000187. The van der Waals surface area contributed by atoms with E-state index in [0.717, 1.165) is 23.5 Å². The normalized spacial score (nSPS) is 13.1. The van der Waals surface area contributed by atoms with Crippen molar-refractivity contribution in [2.45, 2.75) is 18.7 Å². The Kier molecular flexibility index (Phi) is 6.80. The molecule has 0 unspecified atom stereocenters. The van der Waals surface area contributed by atoms with Crippen molar-refractivity contribution in [3.05, 3.63) is 53.6 Å². The number of hydroxylamine groups is 1. The Morgan fingerprint density at radius 3 is 2.33 bits per heavy atom. The van der Waals surface area contributed by atoms with Gasteiger partial charge in [-0.1, -0.05) is 52.0 Å². The number of anilines is 1. The molecule has 0 aliphatic rings. The van der Waals surface area contributed by atoms with Crippen LogP contribution in [-0.2, 0) is 4.79 Å². The highest BCUT2D eigenvalue weighted by Crippen LogP contribution is 3.02. The van der Waals surface area contributed by atoms with E-state index >= 15 is 0 Å². The van der Waals surface area contributed by atoms with Crippen molar-refractivity contribution in [2.24, 2.45) is 0 Å². The Labute approximate surface area is 190 Å². The first-order valence-electron chi connectivity index (χ1n) is 9.26. The van der Waals surface area contributed by atoms with Crippen molar-refractivity contribution in [3.63, 3.8) is 0 Å². The van der Waals surface area contributed by atoms with Crippen molar-refractivity contribution in [3.8, 4) is 17.2 Å². The van der Waals surface area contributed by atoms with Gasteiger partial charge in [-0.25, -0.2) is 10.5 Å². The van der Waals surface area contributed by atoms with Gasteiger partial charge < -0.3 is 5.32 Å². The fraction of sp³-hybridized carbons (Fsp3) is 0.150. The maximum atomic E-state index is 13.0. The lowest BCUT2D eigenvalue weighted by Crippen LogP contribution is -2.24. The molecule has 0 saturated carbocycles. The second-order valence-electron chi connectivity index (χ2n) is 6.38. The van der Waals surface area contributed by atoms with Crippen LogP contribution in [0.25, 0.3) is 21.3 Å². The van der Waals surface area contributed by atoms with E-state index in [-0.39, 0.29) is 28.9 Å². The van der Waals surface area contributed by atoms with E-state index in [1.54, 1.807) is 0 Å². The van der Waals surface area contributed by atoms with Crippen molar-refractivity contribution < 1.29 is 29.4 Å². The van der Waals surface area contributed by atoms with Crippen molar-refractivity contribution in [1.82, 2.24) is 10.5 Å². The lowest BCUT2D eigenvalue weighted by atomic mass is 10.0. The molecule has 0 saturated heterocycles. The summed E-state index contributed by atoms with van der Waals surface area (Å²) in [5, 5.41) is 21.0. The molecule has 0 aliphatic carbocycles. The topological polar surface area (TPSA) is 98.0 Å². The van der Waals surface area contributed by atoms with Gasteiger partial charge in [-0.3, -0.25) is 10.0 Å². The molecule has 3 aromatic rings. The quantitative estimate of drug-likeness (QED) is 0.145. The molecule has 3 rings (SSSR count). The number of benzene rings is 2. The van der Waals surface area contributed by atoms with Crippen molar-refractivity contribution >= 4 is 43.4 Å². The molecule has 33 heavy (non-hydrogen) atoms. The van der Waals surface area contributed by atoms with Gasteiger partial charge in [0.05, 0.1) is 27.0 Å². The number of aromatic nitrogens is 1. The summed E-state index contributed by atoms with van der Waals surface area (Å²) in [4.78, 5) is 13.5. The third-order valence-electron chi connectivity index (χ3n) is 4.25. The van der Waals surface area contributed by atoms with Gasteiger partial charge in [0, 0.05) is 17.7 Å². The van der Waals surface area contributed by atoms with E-state index in [2.05, 4.69) is 16.9 Å². The molecule has 2 aromatic carbocycles. The zero-order chi connectivity index (χ0) is 25.1. The lowest BCUT2D eigenvalue weighted by Gasteiger charge is -2.40. The van der Waals surface area contributed by atoms with E-state index in [1.165, 1.54) is 17.1 Å². The second-order valence-corrected chi connectivity index (χ2v) is 9.64. The van der Waals surface area contributed by atoms with Gasteiger partial charge in [0.25, 0.3) is 5.91 Å². The summed E-state index contributed by atoms with van der Waals surface area (Å²) in [6.45, 7) is 7.31. The average molecular weight is 507 g/mol. The molecule has 1 heterocycles. The summed E-state index contributed by atoms with van der Waals surface area (Å²) in [7, 11) is -9.81. The average Bonchev–Trinajstić information content (AvgIpc) is 3.25. The van der Waals surface area contributed by atoms with Crippen LogP contribution in [0, 0.1) is 11.3 Å². The van der Waals surface area contributed by atoms with Gasteiger partial charge in [-0.15, -0.1) is 11.3 Å². The van der Waals surface area contributed by atoms with Crippen LogP contribution in [0.3, 0.4) is 0 Å². The van der Waals surface area contributed by atoms with Gasteiger partial charge in [0.2, 0.25) is 0 Å². The number of nitrogens with one attached hydrogen (secondary N) is 2. The van der Waals surface area contributed by atoms with Crippen molar-refractivity contribution in [2.75, 3.05) is 11.9 Å². The minimum atomic E-state index is -9.81. The van der Waals surface area contributed by atoms with Gasteiger partial charge >= 0.3 is 10.2 Å². The zero-order valence-corrected chi connectivity index (χ0v) is 19.0. The lowest BCUT2D eigenvalue weighted by molar-refractivity contribution is -0.125. The number of hydrogen-bond acceptors (Lipinski definition) is 6. The Morgan fingerprint density at radius 1 is 1.21 bits per heavy atom. The number of amides is 1. The molecular weight excluding hydrogens is 487 g/mol. The number of hydrogen-bond donors (Lipinski definition) is 3. The SMILES string of the molecule is C=C(CNc1cc(-c2ccc(S(F)(F)(F)(F)F)cc2)c2ncsc2c1C#N)C(=O)NO.CC. The highest BCUT2D eigenvalue weighted by molar-refractivity contribution is 8.45. The summed E-state index contributed by atoms with van der Waals surface area (Å²) >= 11 is 1.10. The first kappa shape index (κ1) is 26.0. The number of carbonyl (C=O) groups is 1. The van der Waals surface area contributed by atoms with Crippen LogP contribution < -0.4 is 10.8 Å². The summed E-state index contributed by atoms with van der Waals surface area (Å²) in [6.07, 6.45) is 0. The minimum absolute atomic E-state index is 0.0578. The highest BCUT2D eigenvalue weighted by Gasteiger charge is 2.65. The number of thiazole rings is 1. The van der Waals surface area contributed by atoms with E-state index in [4.69, 9.17) is 5.21 Å². The Morgan fingerprint density at radius 2 is 1.82 bits per heavy atom. The number of nitriles is 1. The number of fused-ring (bicyclic) bond motifs is 1. The van der Waals surface area contributed by atoms with Gasteiger partial charge in [-0.2, -0.15) is 5.26 Å². The molecule has 1 amide bonds. The molecule has 1 aromatic heterocycles. The molecule has 6 nitrogen and oxygen atoms in total. The number of nitrogens with zero attached hydrogens (tertiary/aromatic N) is 2. The third kappa shape index (κ3) is 5.78. The van der Waals surface area contributed by atoms with Crippen LogP contribution in [0.15, 0.2) is 52.9 Å². The zero-order valence-electron chi connectivity index (χ0n) is 17.3. The van der Waals surface area contributed by atoms with Gasteiger partial charge in [0.1, 0.15) is 11.0 Å². The van der Waals surface area contributed by atoms with E-state index < -0.39 is 21.0 Å². The van der Waals surface area contributed by atoms with Crippen LogP contribution in [0.5, 0.6) is 0 Å². The van der Waals surface area contributed by atoms with Crippen LogP contribution in [-0.4, -0.2) is 22.6 Å². The van der Waals surface area contributed by atoms with Crippen LogP contribution in [0.1, 0.15) is 19.4 Å². The Bertz CT molecular complexity index is 1250. The highest BCUT2D eigenvalue weighted by atomic mass is 32.5. The molecule has 0 fully saturated rings.